The highest BCUT2D eigenvalue weighted by molar-refractivity contribution is 5.94. The molecule has 0 heterocycles. The Balaban J connectivity index is 2.26. The first-order valence-electron chi connectivity index (χ1n) is 8.50. The van der Waals surface area contributed by atoms with E-state index in [1.165, 1.54) is 0 Å². The van der Waals surface area contributed by atoms with Gasteiger partial charge in [-0.1, -0.05) is 19.9 Å². The third kappa shape index (κ3) is 4.32. The molecule has 2 aromatic rings. The van der Waals surface area contributed by atoms with Gasteiger partial charge in [0.15, 0.2) is 0 Å². The van der Waals surface area contributed by atoms with Gasteiger partial charge in [0.25, 0.3) is 5.91 Å². The predicted molar refractivity (Wildman–Crippen MR) is 101 cm³/mol. The van der Waals surface area contributed by atoms with Crippen LogP contribution in [0.5, 0.6) is 11.5 Å². The van der Waals surface area contributed by atoms with Gasteiger partial charge in [-0.15, -0.1) is 0 Å². The maximum atomic E-state index is 12.6. The monoisotopic (exact) mass is 341 g/mol. The van der Waals surface area contributed by atoms with Gasteiger partial charge in [0.2, 0.25) is 0 Å². The summed E-state index contributed by atoms with van der Waals surface area (Å²) in [6.07, 6.45) is 0. The number of hydrogen-bond donors (Lipinski definition) is 1. The lowest BCUT2D eigenvalue weighted by Gasteiger charge is -2.21. The van der Waals surface area contributed by atoms with Crippen LogP contribution in [0.3, 0.4) is 0 Å². The lowest BCUT2D eigenvalue weighted by Crippen LogP contribution is -2.27. The van der Waals surface area contributed by atoms with Gasteiger partial charge in [-0.05, 0) is 66.8 Å². The molecule has 0 aliphatic rings. The van der Waals surface area contributed by atoms with Crippen LogP contribution in [-0.2, 0) is 0 Å². The molecule has 0 aliphatic carbocycles. The number of carbonyl (C=O) groups is 1. The van der Waals surface area contributed by atoms with Crippen molar-refractivity contribution in [2.45, 2.75) is 39.7 Å². The van der Waals surface area contributed by atoms with Gasteiger partial charge >= 0.3 is 0 Å². The van der Waals surface area contributed by atoms with E-state index in [1.54, 1.807) is 26.4 Å². The SMILES string of the molecule is COc1cccc(C(=O)N[C@H](C)c2cc(C(C)C)c(OC)cc2C)c1. The van der Waals surface area contributed by atoms with E-state index < -0.39 is 0 Å². The second-order valence-corrected chi connectivity index (χ2v) is 6.53. The number of benzene rings is 2. The van der Waals surface area contributed by atoms with Crippen molar-refractivity contribution in [1.29, 1.82) is 0 Å². The molecule has 1 atom stereocenters. The summed E-state index contributed by atoms with van der Waals surface area (Å²) in [7, 11) is 3.28. The Morgan fingerprint density at radius 3 is 2.32 bits per heavy atom. The van der Waals surface area contributed by atoms with Crippen LogP contribution in [0.4, 0.5) is 0 Å². The van der Waals surface area contributed by atoms with Gasteiger partial charge in [0.05, 0.1) is 20.3 Å². The smallest absolute Gasteiger partial charge is 0.251 e. The second-order valence-electron chi connectivity index (χ2n) is 6.53. The zero-order valence-electron chi connectivity index (χ0n) is 15.8. The van der Waals surface area contributed by atoms with Crippen molar-refractivity contribution >= 4 is 5.91 Å². The topological polar surface area (TPSA) is 47.6 Å². The highest BCUT2D eigenvalue weighted by atomic mass is 16.5. The Morgan fingerprint density at radius 1 is 1.00 bits per heavy atom. The summed E-state index contributed by atoms with van der Waals surface area (Å²) in [5, 5.41) is 3.07. The van der Waals surface area contributed by atoms with Crippen molar-refractivity contribution in [3.05, 3.63) is 58.7 Å². The number of methoxy groups -OCH3 is 2. The van der Waals surface area contributed by atoms with E-state index in [2.05, 4.69) is 25.2 Å². The molecule has 4 nitrogen and oxygen atoms in total. The predicted octanol–water partition coefficient (Wildman–Crippen LogP) is 4.63. The number of amides is 1. The summed E-state index contributed by atoms with van der Waals surface area (Å²) >= 11 is 0. The van der Waals surface area contributed by atoms with Crippen LogP contribution >= 0.6 is 0 Å². The summed E-state index contributed by atoms with van der Waals surface area (Å²) in [6.45, 7) is 8.31. The van der Waals surface area contributed by atoms with E-state index in [0.29, 0.717) is 17.2 Å². The largest absolute Gasteiger partial charge is 0.497 e. The highest BCUT2D eigenvalue weighted by Crippen LogP contribution is 2.32. The van der Waals surface area contributed by atoms with Gasteiger partial charge in [0.1, 0.15) is 11.5 Å². The molecule has 2 aromatic carbocycles. The van der Waals surface area contributed by atoms with E-state index in [-0.39, 0.29) is 11.9 Å². The summed E-state index contributed by atoms with van der Waals surface area (Å²) in [5.41, 5.74) is 3.92. The number of rotatable bonds is 6. The Labute approximate surface area is 150 Å². The molecule has 0 unspecified atom stereocenters. The van der Waals surface area contributed by atoms with Crippen LogP contribution in [0.15, 0.2) is 36.4 Å². The third-order valence-electron chi connectivity index (χ3n) is 4.39. The number of carbonyl (C=O) groups excluding carboxylic acids is 1. The fraction of sp³-hybridized carbons (Fsp3) is 0.381. The zero-order chi connectivity index (χ0) is 18.6. The molecule has 134 valence electrons. The molecule has 0 saturated carbocycles. The van der Waals surface area contributed by atoms with Crippen molar-refractivity contribution in [1.82, 2.24) is 5.32 Å². The molecule has 0 radical (unpaired) electrons. The van der Waals surface area contributed by atoms with E-state index in [1.807, 2.05) is 32.0 Å². The molecule has 1 N–H and O–H groups in total. The maximum absolute atomic E-state index is 12.6. The Kier molecular flexibility index (Phi) is 6.07. The van der Waals surface area contributed by atoms with Crippen LogP contribution in [0.25, 0.3) is 0 Å². The molecule has 0 aromatic heterocycles. The standard InChI is InChI=1S/C21H27NO3/c1-13(2)18-12-19(14(3)10-20(18)25-6)15(4)22-21(23)16-8-7-9-17(11-16)24-5/h7-13,15H,1-6H3,(H,22,23)/t15-/m1/s1. The van der Waals surface area contributed by atoms with E-state index in [4.69, 9.17) is 9.47 Å². The van der Waals surface area contributed by atoms with Gasteiger partial charge < -0.3 is 14.8 Å². The first-order valence-corrected chi connectivity index (χ1v) is 8.50. The molecular weight excluding hydrogens is 314 g/mol. The number of nitrogens with one attached hydrogen (secondary N) is 1. The number of ether oxygens (including phenoxy) is 2. The molecule has 2 rings (SSSR count). The van der Waals surface area contributed by atoms with Gasteiger partial charge in [0, 0.05) is 5.56 Å². The van der Waals surface area contributed by atoms with Crippen molar-refractivity contribution in [2.75, 3.05) is 14.2 Å². The van der Waals surface area contributed by atoms with Crippen LogP contribution in [0.1, 0.15) is 59.8 Å². The molecule has 0 saturated heterocycles. The van der Waals surface area contributed by atoms with E-state index in [9.17, 15) is 4.79 Å². The first-order chi connectivity index (χ1) is 11.9. The van der Waals surface area contributed by atoms with Crippen molar-refractivity contribution in [3.63, 3.8) is 0 Å². The molecular formula is C21H27NO3. The van der Waals surface area contributed by atoms with Crippen LogP contribution < -0.4 is 14.8 Å². The molecule has 4 heteroatoms. The number of aryl methyl sites for hydroxylation is 1. The summed E-state index contributed by atoms with van der Waals surface area (Å²) in [4.78, 5) is 12.6. The van der Waals surface area contributed by atoms with E-state index >= 15 is 0 Å². The van der Waals surface area contributed by atoms with Crippen molar-refractivity contribution in [3.8, 4) is 11.5 Å². The number of hydrogen-bond acceptors (Lipinski definition) is 3. The lowest BCUT2D eigenvalue weighted by atomic mass is 9.93. The minimum absolute atomic E-state index is 0.109. The van der Waals surface area contributed by atoms with Gasteiger partial charge in [-0.25, -0.2) is 0 Å². The molecule has 0 aliphatic heterocycles. The van der Waals surface area contributed by atoms with Gasteiger partial charge in [-0.3, -0.25) is 4.79 Å². The average molecular weight is 341 g/mol. The van der Waals surface area contributed by atoms with Crippen LogP contribution in [0, 0.1) is 6.92 Å². The fourth-order valence-corrected chi connectivity index (χ4v) is 2.93. The maximum Gasteiger partial charge on any atom is 0.251 e. The molecule has 0 spiro atoms. The Bertz CT molecular complexity index is 753. The molecule has 0 fully saturated rings. The summed E-state index contributed by atoms with van der Waals surface area (Å²) in [5.74, 6) is 1.79. The highest BCUT2D eigenvalue weighted by Gasteiger charge is 2.17. The lowest BCUT2D eigenvalue weighted by molar-refractivity contribution is 0.0939. The fourth-order valence-electron chi connectivity index (χ4n) is 2.93. The molecule has 0 bridgehead atoms. The normalized spacial score (nSPS) is 12.0. The Morgan fingerprint density at radius 2 is 1.72 bits per heavy atom. The van der Waals surface area contributed by atoms with Gasteiger partial charge in [-0.2, -0.15) is 0 Å². The summed E-state index contributed by atoms with van der Waals surface area (Å²) < 4.78 is 10.7. The average Bonchev–Trinajstić information content (AvgIpc) is 2.60. The minimum Gasteiger partial charge on any atom is -0.497 e. The van der Waals surface area contributed by atoms with E-state index in [0.717, 1.165) is 22.4 Å². The van der Waals surface area contributed by atoms with Crippen LogP contribution in [-0.4, -0.2) is 20.1 Å². The quantitative estimate of drug-likeness (QED) is 0.833. The Hall–Kier alpha value is -2.49. The summed E-state index contributed by atoms with van der Waals surface area (Å²) in [6, 6.07) is 11.2. The minimum atomic E-state index is -0.118. The third-order valence-corrected chi connectivity index (χ3v) is 4.39. The molecule has 25 heavy (non-hydrogen) atoms. The zero-order valence-corrected chi connectivity index (χ0v) is 15.8. The van der Waals surface area contributed by atoms with Crippen molar-refractivity contribution < 1.29 is 14.3 Å². The van der Waals surface area contributed by atoms with Crippen LogP contribution in [0.2, 0.25) is 0 Å². The molecule has 1 amide bonds. The first kappa shape index (κ1) is 18.8. The van der Waals surface area contributed by atoms with Crippen molar-refractivity contribution in [2.24, 2.45) is 0 Å². The second kappa shape index (κ2) is 8.06.